The Balaban J connectivity index is 1.52. The number of ether oxygens (including phenoxy) is 8. The maximum Gasteiger partial charge on any atom is 0.407 e. The minimum atomic E-state index is -4.21. The van der Waals surface area contributed by atoms with E-state index in [-0.39, 0.29) is 0 Å². The summed E-state index contributed by atoms with van der Waals surface area (Å²) in [6.07, 6.45) is -28.0. The summed E-state index contributed by atoms with van der Waals surface area (Å²) in [6, 6.07) is 0. The van der Waals surface area contributed by atoms with Crippen molar-refractivity contribution in [2.75, 3.05) is 19.8 Å². The van der Waals surface area contributed by atoms with Gasteiger partial charge in [0.1, 0.15) is 54.9 Å². The van der Waals surface area contributed by atoms with Crippen molar-refractivity contribution in [1.82, 2.24) is 0 Å². The molecule has 0 aromatic heterocycles. The van der Waals surface area contributed by atoms with Crippen LogP contribution in [0.4, 0.5) is 0 Å². The Morgan fingerprint density at radius 2 is 1.23 bits per heavy atom. The van der Waals surface area contributed by atoms with Gasteiger partial charge in [-0.05, 0) is 0 Å². The van der Waals surface area contributed by atoms with E-state index in [1.807, 2.05) is 0 Å². The summed E-state index contributed by atoms with van der Waals surface area (Å²) >= 11 is 0. The second-order valence-corrected chi connectivity index (χ2v) is 11.5. The second kappa shape index (κ2) is 12.6. The first kappa shape index (κ1) is 36.0. The highest BCUT2D eigenvalue weighted by Crippen LogP contribution is 2.52. The lowest BCUT2D eigenvalue weighted by Crippen LogP contribution is -2.85. The van der Waals surface area contributed by atoms with Crippen LogP contribution in [0.25, 0.3) is 0 Å². The standard InChI is InChI=1S/C24H34O23/c25-3-6-15(11(30)13(32)18(35)40-6)42-19-14(33)12(31)16(7(4-26)41-19)46-24-23(39)22(38,17(34)8(5-27)43-24)44-9(28)1-21(37,20(36)47-23)2-10(29)45-24/h6-8,11-19,25-27,30-35,37-39H,1-5H2/t6-,7-,8-,11-,12-,13-,14-,15-,16-,17+,18+,19?,21?,22+,23-,24?/m1/s1. The van der Waals surface area contributed by atoms with Gasteiger partial charge >= 0.3 is 35.5 Å². The molecule has 0 radical (unpaired) electrons. The first-order valence-corrected chi connectivity index (χ1v) is 14.0. The van der Waals surface area contributed by atoms with Crippen LogP contribution in [0.15, 0.2) is 0 Å². The zero-order valence-corrected chi connectivity index (χ0v) is 23.8. The van der Waals surface area contributed by atoms with Gasteiger partial charge in [0.05, 0.1) is 32.7 Å². The summed E-state index contributed by atoms with van der Waals surface area (Å²) in [6.45, 7) is -3.42. The van der Waals surface area contributed by atoms with Gasteiger partial charge in [-0.15, -0.1) is 0 Å². The van der Waals surface area contributed by atoms with Crippen LogP contribution in [0.3, 0.4) is 0 Å². The highest BCUT2D eigenvalue weighted by Gasteiger charge is 2.84. The molecule has 2 bridgehead atoms. The molecule has 5 aliphatic rings. The van der Waals surface area contributed by atoms with E-state index in [2.05, 4.69) is 0 Å². The fourth-order valence-corrected chi connectivity index (χ4v) is 5.83. The third-order valence-electron chi connectivity index (χ3n) is 8.39. The monoisotopic (exact) mass is 690 g/mol. The van der Waals surface area contributed by atoms with E-state index in [0.717, 1.165) is 0 Å². The lowest BCUT2D eigenvalue weighted by Gasteiger charge is -2.58. The molecule has 0 aliphatic carbocycles. The second-order valence-electron chi connectivity index (χ2n) is 11.5. The fourth-order valence-electron chi connectivity index (χ4n) is 5.83. The smallest absolute Gasteiger partial charge is 0.407 e. The normalized spacial score (nSPS) is 52.0. The van der Waals surface area contributed by atoms with Crippen molar-refractivity contribution in [2.45, 2.75) is 110 Å². The van der Waals surface area contributed by atoms with E-state index in [1.165, 1.54) is 0 Å². The highest BCUT2D eigenvalue weighted by molar-refractivity contribution is 5.91. The van der Waals surface area contributed by atoms with Gasteiger partial charge in [-0.3, -0.25) is 9.59 Å². The van der Waals surface area contributed by atoms with Gasteiger partial charge in [0.15, 0.2) is 24.3 Å². The molecule has 5 heterocycles. The number of carbonyl (C=O) groups excluding carboxylic acids is 3. The molecule has 5 aliphatic heterocycles. The lowest BCUT2D eigenvalue weighted by atomic mass is 9.86. The van der Waals surface area contributed by atoms with Gasteiger partial charge in [-0.2, -0.15) is 0 Å². The van der Waals surface area contributed by atoms with Gasteiger partial charge < -0.3 is 99.2 Å². The average molecular weight is 691 g/mol. The lowest BCUT2D eigenvalue weighted by molar-refractivity contribution is -0.576. The molecular formula is C24H34O23. The third kappa shape index (κ3) is 5.59. The van der Waals surface area contributed by atoms with Gasteiger partial charge in [0, 0.05) is 0 Å². The number of aliphatic hydroxyl groups is 12. The SMILES string of the molecule is O=C1CC2(O)CC(=O)O[C@@]3(O)[C@@H](O)[C@@H](CO)OC(O[C@H]4[C@H](O)[C@@H](O)C(O[C@H]5[C@H](O)[C@@H](O)[C@@H](O)O[C@@H]5CO)O[C@@H]4CO)(O1)[C@]3(O)OC2=O. The Kier molecular flexibility index (Phi) is 9.63. The summed E-state index contributed by atoms with van der Waals surface area (Å²) in [5, 5.41) is 126. The highest BCUT2D eigenvalue weighted by atomic mass is 16.9. The molecule has 5 rings (SSSR count). The first-order chi connectivity index (χ1) is 21.9. The van der Waals surface area contributed by atoms with Crippen molar-refractivity contribution in [3.05, 3.63) is 0 Å². The molecular weight excluding hydrogens is 656 g/mol. The Morgan fingerprint density at radius 1 is 0.681 bits per heavy atom. The summed E-state index contributed by atoms with van der Waals surface area (Å²) in [4.78, 5) is 38.7. The molecule has 0 amide bonds. The van der Waals surface area contributed by atoms with E-state index in [9.17, 15) is 75.7 Å². The quantitative estimate of drug-likeness (QED) is 0.0871. The van der Waals surface area contributed by atoms with E-state index in [0.29, 0.717) is 0 Å². The Bertz CT molecular complexity index is 1220. The summed E-state index contributed by atoms with van der Waals surface area (Å²) < 4.78 is 41.3. The summed E-state index contributed by atoms with van der Waals surface area (Å²) in [5.41, 5.74) is -3.07. The van der Waals surface area contributed by atoms with Crippen LogP contribution in [-0.4, -0.2) is 196 Å². The molecule has 5 saturated heterocycles. The van der Waals surface area contributed by atoms with E-state index in [4.69, 9.17) is 37.9 Å². The minimum Gasteiger partial charge on any atom is -0.422 e. The summed E-state index contributed by atoms with van der Waals surface area (Å²) in [7, 11) is 0. The van der Waals surface area contributed by atoms with Crippen molar-refractivity contribution in [3.63, 3.8) is 0 Å². The number of aliphatic hydroxyl groups excluding tert-OH is 9. The average Bonchev–Trinajstić information content (AvgIpc) is 3.00. The first-order valence-electron chi connectivity index (χ1n) is 14.0. The minimum absolute atomic E-state index is 0.908. The Labute approximate surface area is 261 Å². The number of esters is 3. The van der Waals surface area contributed by atoms with E-state index >= 15 is 0 Å². The van der Waals surface area contributed by atoms with Crippen LogP contribution in [0.2, 0.25) is 0 Å². The maximum atomic E-state index is 13.0. The van der Waals surface area contributed by atoms with Crippen LogP contribution >= 0.6 is 0 Å². The third-order valence-corrected chi connectivity index (χ3v) is 8.39. The van der Waals surface area contributed by atoms with Crippen LogP contribution in [-0.2, 0) is 52.3 Å². The molecule has 16 atom stereocenters. The van der Waals surface area contributed by atoms with Crippen LogP contribution in [0.5, 0.6) is 0 Å². The molecule has 0 saturated carbocycles. The van der Waals surface area contributed by atoms with E-state index < -0.39 is 147 Å². The molecule has 0 aromatic carbocycles. The van der Waals surface area contributed by atoms with Crippen LogP contribution in [0, 0.1) is 0 Å². The van der Waals surface area contributed by atoms with Crippen molar-refractivity contribution in [1.29, 1.82) is 0 Å². The van der Waals surface area contributed by atoms with Crippen molar-refractivity contribution < 1.29 is 114 Å². The zero-order valence-electron chi connectivity index (χ0n) is 23.8. The van der Waals surface area contributed by atoms with E-state index in [1.54, 1.807) is 0 Å². The van der Waals surface area contributed by atoms with Gasteiger partial charge in [-0.1, -0.05) is 0 Å². The number of hydrogen-bond acceptors (Lipinski definition) is 23. The van der Waals surface area contributed by atoms with Crippen LogP contribution in [0.1, 0.15) is 12.8 Å². The van der Waals surface area contributed by atoms with Gasteiger partial charge in [-0.25, -0.2) is 4.79 Å². The largest absolute Gasteiger partial charge is 0.422 e. The van der Waals surface area contributed by atoms with Gasteiger partial charge in [0.25, 0.3) is 0 Å². The zero-order chi connectivity index (χ0) is 34.9. The Hall–Kier alpha value is -2.27. The maximum absolute atomic E-state index is 13.0. The fraction of sp³-hybridized carbons (Fsp3) is 0.875. The Morgan fingerprint density at radius 3 is 1.83 bits per heavy atom. The molecule has 12 N–H and O–H groups in total. The predicted octanol–water partition coefficient (Wildman–Crippen LogP) is -9.42. The molecule has 5 fully saturated rings. The predicted molar refractivity (Wildman–Crippen MR) is 131 cm³/mol. The molecule has 23 heteroatoms. The van der Waals surface area contributed by atoms with Crippen molar-refractivity contribution in [3.8, 4) is 0 Å². The molecule has 268 valence electrons. The molecule has 23 nitrogen and oxygen atoms in total. The molecule has 0 aromatic rings. The number of carbonyl (C=O) groups is 3. The number of rotatable bonds is 7. The van der Waals surface area contributed by atoms with Gasteiger partial charge in [0.2, 0.25) is 0 Å². The van der Waals surface area contributed by atoms with Crippen LogP contribution < -0.4 is 0 Å². The summed E-state index contributed by atoms with van der Waals surface area (Å²) in [5.74, 6) is -17.4. The molecule has 3 unspecified atom stereocenters. The number of hydrogen-bond donors (Lipinski definition) is 12. The molecule has 0 spiro atoms. The number of fused-ring (bicyclic) bond motifs is 2. The van der Waals surface area contributed by atoms with Crippen molar-refractivity contribution in [2.24, 2.45) is 0 Å². The topological polar surface area (TPSA) is 368 Å². The van der Waals surface area contributed by atoms with Crippen molar-refractivity contribution >= 4 is 17.9 Å². The molecule has 47 heavy (non-hydrogen) atoms.